The largest absolute Gasteiger partial charge is 0.508 e. The van der Waals surface area contributed by atoms with E-state index in [4.69, 9.17) is 5.11 Å². The molecule has 0 unspecified atom stereocenters. The molecular weight excluding hydrogens is 222 g/mol. The van der Waals surface area contributed by atoms with Crippen molar-refractivity contribution in [1.29, 1.82) is 0 Å². The second-order valence-electron chi connectivity index (χ2n) is 3.42. The van der Waals surface area contributed by atoms with Crippen LogP contribution in [0.15, 0.2) is 36.4 Å². The third kappa shape index (κ3) is 2.17. The highest BCUT2D eigenvalue weighted by Gasteiger charge is 2.08. The average molecular weight is 230 g/mol. The number of rotatable bonds is 2. The summed E-state index contributed by atoms with van der Waals surface area (Å²) in [4.78, 5) is 9.95. The molecule has 0 spiro atoms. The van der Waals surface area contributed by atoms with Gasteiger partial charge in [-0.25, -0.2) is 0 Å². The van der Waals surface area contributed by atoms with Gasteiger partial charge in [0.25, 0.3) is 5.69 Å². The molecule has 0 aromatic heterocycles. The van der Waals surface area contributed by atoms with Gasteiger partial charge in [-0.05, 0) is 29.8 Å². The Balaban J connectivity index is 2.43. The van der Waals surface area contributed by atoms with Gasteiger partial charge in [-0.3, -0.25) is 10.1 Å². The summed E-state index contributed by atoms with van der Waals surface area (Å²) in [6, 6.07) is 10.9. The van der Waals surface area contributed by atoms with Gasteiger partial charge in [0.2, 0.25) is 0 Å². The van der Waals surface area contributed by atoms with Crippen LogP contribution in [0.5, 0.6) is 11.5 Å². The topological polar surface area (TPSA) is 83.6 Å². The SMILES string of the molecule is O=[N+]([O-])c1c[c]c(-c2ccc(O)cc2O)cc1. The van der Waals surface area contributed by atoms with E-state index in [1.807, 2.05) is 0 Å². The number of non-ortho nitro benzene ring substituents is 1. The Morgan fingerprint density at radius 2 is 1.94 bits per heavy atom. The molecule has 0 aliphatic rings. The van der Waals surface area contributed by atoms with E-state index in [-0.39, 0.29) is 17.2 Å². The molecular formula is C12H8NO4. The van der Waals surface area contributed by atoms with Crippen LogP contribution in [0.3, 0.4) is 0 Å². The van der Waals surface area contributed by atoms with E-state index in [1.165, 1.54) is 36.4 Å². The number of hydrogen-bond acceptors (Lipinski definition) is 4. The van der Waals surface area contributed by atoms with Crippen LogP contribution in [0.25, 0.3) is 11.1 Å². The lowest BCUT2D eigenvalue weighted by Gasteiger charge is -2.04. The summed E-state index contributed by atoms with van der Waals surface area (Å²) in [5.74, 6) is -0.150. The average Bonchev–Trinajstić information content (AvgIpc) is 2.29. The van der Waals surface area contributed by atoms with Crippen molar-refractivity contribution in [1.82, 2.24) is 0 Å². The van der Waals surface area contributed by atoms with E-state index in [0.717, 1.165) is 0 Å². The highest BCUT2D eigenvalue weighted by Crippen LogP contribution is 2.32. The van der Waals surface area contributed by atoms with Gasteiger partial charge in [0.1, 0.15) is 11.5 Å². The number of hydrogen-bond donors (Lipinski definition) is 2. The number of phenols is 2. The van der Waals surface area contributed by atoms with Crippen molar-refractivity contribution in [3.8, 4) is 22.6 Å². The molecule has 2 rings (SSSR count). The standard InChI is InChI=1S/C12H8NO4/c14-10-5-6-11(12(15)7-10)8-1-3-9(4-2-8)13(16)17/h1,3-7,14-15H. The Kier molecular flexibility index (Phi) is 2.66. The van der Waals surface area contributed by atoms with Crippen LogP contribution in [0.2, 0.25) is 0 Å². The Morgan fingerprint density at radius 3 is 2.47 bits per heavy atom. The van der Waals surface area contributed by atoms with Crippen LogP contribution in [0.1, 0.15) is 0 Å². The lowest BCUT2D eigenvalue weighted by atomic mass is 10.0. The molecule has 0 amide bonds. The normalized spacial score (nSPS) is 10.1. The van der Waals surface area contributed by atoms with Gasteiger partial charge in [-0.2, -0.15) is 0 Å². The van der Waals surface area contributed by atoms with Crippen molar-refractivity contribution in [3.05, 3.63) is 52.6 Å². The lowest BCUT2D eigenvalue weighted by molar-refractivity contribution is -0.384. The number of benzene rings is 2. The monoisotopic (exact) mass is 230 g/mol. The third-order valence-corrected chi connectivity index (χ3v) is 2.28. The van der Waals surface area contributed by atoms with Crippen LogP contribution in [0.4, 0.5) is 5.69 Å². The van der Waals surface area contributed by atoms with Crippen molar-refractivity contribution >= 4 is 5.69 Å². The number of nitro benzene ring substituents is 1. The number of aromatic hydroxyl groups is 2. The van der Waals surface area contributed by atoms with Crippen molar-refractivity contribution in [3.63, 3.8) is 0 Å². The fourth-order valence-electron chi connectivity index (χ4n) is 1.45. The molecule has 17 heavy (non-hydrogen) atoms. The molecule has 0 aliphatic heterocycles. The molecule has 2 aromatic rings. The van der Waals surface area contributed by atoms with Crippen molar-refractivity contribution < 1.29 is 15.1 Å². The van der Waals surface area contributed by atoms with Crippen LogP contribution in [-0.4, -0.2) is 15.1 Å². The van der Waals surface area contributed by atoms with Crippen molar-refractivity contribution in [2.45, 2.75) is 0 Å². The summed E-state index contributed by atoms with van der Waals surface area (Å²) in [6.45, 7) is 0. The van der Waals surface area contributed by atoms with E-state index in [0.29, 0.717) is 11.1 Å². The molecule has 85 valence electrons. The predicted molar refractivity (Wildman–Crippen MR) is 60.7 cm³/mol. The molecule has 0 bridgehead atoms. The molecule has 2 aromatic carbocycles. The third-order valence-electron chi connectivity index (χ3n) is 2.28. The van der Waals surface area contributed by atoms with Gasteiger partial charge < -0.3 is 10.2 Å². The molecule has 2 N–H and O–H groups in total. The lowest BCUT2D eigenvalue weighted by Crippen LogP contribution is -1.87. The summed E-state index contributed by atoms with van der Waals surface area (Å²) in [5, 5.41) is 29.2. The molecule has 0 atom stereocenters. The van der Waals surface area contributed by atoms with Crippen LogP contribution < -0.4 is 0 Å². The molecule has 0 saturated heterocycles. The van der Waals surface area contributed by atoms with Crippen molar-refractivity contribution in [2.75, 3.05) is 0 Å². The smallest absolute Gasteiger partial charge is 0.270 e. The quantitative estimate of drug-likeness (QED) is 0.613. The first-order valence-electron chi connectivity index (χ1n) is 4.76. The van der Waals surface area contributed by atoms with Crippen molar-refractivity contribution in [2.24, 2.45) is 0 Å². The highest BCUT2D eigenvalue weighted by molar-refractivity contribution is 5.71. The number of nitro groups is 1. The first-order chi connectivity index (χ1) is 8.08. The molecule has 0 saturated carbocycles. The van der Waals surface area contributed by atoms with Crippen LogP contribution >= 0.6 is 0 Å². The Hall–Kier alpha value is -2.56. The minimum atomic E-state index is -0.517. The zero-order valence-electron chi connectivity index (χ0n) is 8.62. The fraction of sp³-hybridized carbons (Fsp3) is 0. The Bertz CT molecular complexity index is 563. The Labute approximate surface area is 96.7 Å². The molecule has 5 heteroatoms. The van der Waals surface area contributed by atoms with Crippen LogP contribution in [-0.2, 0) is 0 Å². The molecule has 0 heterocycles. The maximum atomic E-state index is 10.5. The second-order valence-corrected chi connectivity index (χ2v) is 3.42. The van der Waals surface area contributed by atoms with Gasteiger partial charge in [0.15, 0.2) is 0 Å². The van der Waals surface area contributed by atoms with E-state index in [9.17, 15) is 15.2 Å². The summed E-state index contributed by atoms with van der Waals surface area (Å²) < 4.78 is 0. The molecule has 0 fully saturated rings. The number of phenolic OH excluding ortho intramolecular Hbond substituents is 2. The first-order valence-corrected chi connectivity index (χ1v) is 4.76. The molecule has 1 radical (unpaired) electrons. The van der Waals surface area contributed by atoms with E-state index in [1.54, 1.807) is 0 Å². The van der Waals surface area contributed by atoms with Gasteiger partial charge >= 0.3 is 0 Å². The summed E-state index contributed by atoms with van der Waals surface area (Å²) in [6.07, 6.45) is 0. The summed E-state index contributed by atoms with van der Waals surface area (Å²) in [5.41, 5.74) is 0.915. The van der Waals surface area contributed by atoms with E-state index >= 15 is 0 Å². The molecule has 5 nitrogen and oxygen atoms in total. The number of nitrogens with zero attached hydrogens (tertiary/aromatic N) is 1. The maximum absolute atomic E-state index is 10.5. The van der Waals surface area contributed by atoms with Crippen LogP contribution in [0, 0.1) is 16.2 Å². The second kappa shape index (κ2) is 4.13. The predicted octanol–water partition coefficient (Wildman–Crippen LogP) is 2.47. The minimum absolute atomic E-state index is 0.0480. The highest BCUT2D eigenvalue weighted by atomic mass is 16.6. The first kappa shape index (κ1) is 10.9. The zero-order chi connectivity index (χ0) is 12.4. The van der Waals surface area contributed by atoms with Gasteiger partial charge in [-0.15, -0.1) is 0 Å². The summed E-state index contributed by atoms with van der Waals surface area (Å²) in [7, 11) is 0. The van der Waals surface area contributed by atoms with Gasteiger partial charge in [0, 0.05) is 23.8 Å². The minimum Gasteiger partial charge on any atom is -0.508 e. The van der Waals surface area contributed by atoms with E-state index < -0.39 is 4.92 Å². The zero-order valence-corrected chi connectivity index (χ0v) is 8.62. The van der Waals surface area contributed by atoms with E-state index in [2.05, 4.69) is 6.07 Å². The van der Waals surface area contributed by atoms with Gasteiger partial charge in [0.05, 0.1) is 4.92 Å². The fourth-order valence-corrected chi connectivity index (χ4v) is 1.45. The molecule has 0 aliphatic carbocycles. The summed E-state index contributed by atoms with van der Waals surface area (Å²) >= 11 is 0. The Morgan fingerprint density at radius 1 is 1.18 bits per heavy atom. The van der Waals surface area contributed by atoms with Gasteiger partial charge in [-0.1, -0.05) is 0 Å². The maximum Gasteiger partial charge on any atom is 0.270 e.